The van der Waals surface area contributed by atoms with Crippen LogP contribution in [0, 0.1) is 5.92 Å². The Kier molecular flexibility index (Phi) is 8.36. The molecule has 1 aromatic carbocycles. The number of pyridine rings is 1. The third kappa shape index (κ3) is 5.97. The van der Waals surface area contributed by atoms with Gasteiger partial charge in [0.2, 0.25) is 10.0 Å². The molecule has 2 aliphatic rings. The minimum Gasteiger partial charge on any atom is -0.469 e. The van der Waals surface area contributed by atoms with Gasteiger partial charge in [-0.3, -0.25) is 9.59 Å². The molecule has 1 amide bonds. The molecule has 12 heteroatoms. The lowest BCUT2D eigenvalue weighted by atomic mass is 9.82. The minimum absolute atomic E-state index is 0.0274. The van der Waals surface area contributed by atoms with Gasteiger partial charge in [-0.1, -0.05) is 24.6 Å². The normalized spacial score (nSPS) is 16.6. The molecule has 11 nitrogen and oxygen atoms in total. The molecular formula is C28H35N5O6S. The van der Waals surface area contributed by atoms with Crippen molar-refractivity contribution in [3.8, 4) is 5.69 Å². The van der Waals surface area contributed by atoms with Gasteiger partial charge in [0.05, 0.1) is 41.7 Å². The Balaban J connectivity index is 1.59. The van der Waals surface area contributed by atoms with Gasteiger partial charge in [-0.2, -0.15) is 5.10 Å². The highest BCUT2D eigenvalue weighted by Gasteiger charge is 2.32. The molecule has 1 aliphatic carbocycles. The Hall–Kier alpha value is -3.51. The number of hydrogen-bond acceptors (Lipinski definition) is 9. The molecule has 1 aliphatic heterocycles. The van der Waals surface area contributed by atoms with Crippen LogP contribution in [0.4, 0.5) is 5.69 Å². The smallest absolute Gasteiger partial charge is 0.306 e. The number of para-hydroxylation sites is 1. The van der Waals surface area contributed by atoms with Gasteiger partial charge in [0.25, 0.3) is 5.91 Å². The third-order valence-corrected chi connectivity index (χ3v) is 9.02. The van der Waals surface area contributed by atoms with E-state index >= 15 is 0 Å². The number of piperidine rings is 1. The molecule has 214 valence electrons. The van der Waals surface area contributed by atoms with Crippen molar-refractivity contribution in [3.05, 3.63) is 47.8 Å². The summed E-state index contributed by atoms with van der Waals surface area (Å²) in [4.78, 5) is 31.7. The van der Waals surface area contributed by atoms with Crippen molar-refractivity contribution in [2.45, 2.75) is 44.4 Å². The molecular weight excluding hydrogens is 534 g/mol. The number of aromatic nitrogens is 3. The average molecular weight is 570 g/mol. The number of sulfonamides is 1. The van der Waals surface area contributed by atoms with Crippen molar-refractivity contribution in [1.29, 1.82) is 0 Å². The Morgan fingerprint density at radius 2 is 1.80 bits per heavy atom. The van der Waals surface area contributed by atoms with E-state index in [0.29, 0.717) is 24.1 Å². The number of hydrogen-bond donors (Lipinski definition) is 1. The summed E-state index contributed by atoms with van der Waals surface area (Å²) in [5, 5.41) is 5.93. The van der Waals surface area contributed by atoms with Crippen molar-refractivity contribution in [2.75, 3.05) is 44.6 Å². The van der Waals surface area contributed by atoms with Gasteiger partial charge in [-0.15, -0.1) is 0 Å². The van der Waals surface area contributed by atoms with Crippen molar-refractivity contribution in [2.24, 2.45) is 5.92 Å². The van der Waals surface area contributed by atoms with Crippen molar-refractivity contribution < 1.29 is 27.5 Å². The lowest BCUT2D eigenvalue weighted by Crippen LogP contribution is -2.36. The van der Waals surface area contributed by atoms with Crippen LogP contribution in [0.1, 0.15) is 60.6 Å². The molecule has 40 heavy (non-hydrogen) atoms. The summed E-state index contributed by atoms with van der Waals surface area (Å²) in [5.74, 6) is -1.33. The molecule has 0 radical (unpaired) electrons. The van der Waals surface area contributed by atoms with Gasteiger partial charge in [-0.05, 0) is 49.8 Å². The lowest BCUT2D eigenvalue weighted by Gasteiger charge is -2.34. The van der Waals surface area contributed by atoms with E-state index in [1.165, 1.54) is 7.11 Å². The van der Waals surface area contributed by atoms with E-state index < -0.39 is 27.7 Å². The minimum atomic E-state index is -4.09. The molecule has 2 fully saturated rings. The van der Waals surface area contributed by atoms with Crippen LogP contribution in [0.5, 0.6) is 0 Å². The highest BCUT2D eigenvalue weighted by molar-refractivity contribution is 7.90. The maximum absolute atomic E-state index is 13.3. The van der Waals surface area contributed by atoms with E-state index in [0.717, 1.165) is 67.6 Å². The van der Waals surface area contributed by atoms with Crippen LogP contribution in [0.15, 0.2) is 36.4 Å². The summed E-state index contributed by atoms with van der Waals surface area (Å²) in [6.07, 6.45) is 4.73. The molecule has 0 unspecified atom stereocenters. The zero-order valence-corrected chi connectivity index (χ0v) is 23.7. The van der Waals surface area contributed by atoms with Crippen molar-refractivity contribution >= 4 is 38.6 Å². The summed E-state index contributed by atoms with van der Waals surface area (Å²) < 4.78 is 38.9. The quantitative estimate of drug-likeness (QED) is 0.366. The second-order valence-electron chi connectivity index (χ2n) is 10.4. The summed E-state index contributed by atoms with van der Waals surface area (Å²) in [5.41, 5.74) is 3.09. The first-order valence-corrected chi connectivity index (χ1v) is 15.3. The molecule has 5 rings (SSSR count). The summed E-state index contributed by atoms with van der Waals surface area (Å²) in [6.45, 7) is 2.24. The zero-order chi connectivity index (χ0) is 28.3. The van der Waals surface area contributed by atoms with Crippen LogP contribution < -0.4 is 9.62 Å². The standard InChI is InChI=1S/C28H35N5O6S/c1-38-18-19-11-14-32(15-12-19)23-17-22(28(35)31-40(36,37)16-13-24(34)39-2)29-27-25(23)26(20-7-6-8-20)30-33(27)21-9-4-3-5-10-21/h3-5,9-10,17,19-20H,6-8,11-16,18H2,1-2H3,(H,31,35). The highest BCUT2D eigenvalue weighted by Crippen LogP contribution is 2.43. The Labute approximate surface area is 233 Å². The predicted octanol–water partition coefficient (Wildman–Crippen LogP) is 3.17. The van der Waals surface area contributed by atoms with Crippen LogP contribution in [0.25, 0.3) is 16.7 Å². The van der Waals surface area contributed by atoms with Gasteiger partial charge in [-0.25, -0.2) is 22.8 Å². The first-order chi connectivity index (χ1) is 19.3. The number of amides is 1. The summed E-state index contributed by atoms with van der Waals surface area (Å²) in [7, 11) is -1.20. The van der Waals surface area contributed by atoms with Gasteiger partial charge >= 0.3 is 5.97 Å². The number of anilines is 1. The Morgan fingerprint density at radius 1 is 1.07 bits per heavy atom. The van der Waals surface area contributed by atoms with E-state index in [1.54, 1.807) is 17.9 Å². The van der Waals surface area contributed by atoms with E-state index in [4.69, 9.17) is 14.8 Å². The van der Waals surface area contributed by atoms with Crippen LogP contribution in [0.2, 0.25) is 0 Å². The number of benzene rings is 1. The zero-order valence-electron chi connectivity index (χ0n) is 22.8. The third-order valence-electron chi connectivity index (χ3n) is 7.78. The first-order valence-electron chi connectivity index (χ1n) is 13.6. The Morgan fingerprint density at radius 3 is 2.42 bits per heavy atom. The molecule has 0 spiro atoms. The second kappa shape index (κ2) is 11.9. The molecule has 3 heterocycles. The van der Waals surface area contributed by atoms with Gasteiger partial charge in [0.1, 0.15) is 5.69 Å². The van der Waals surface area contributed by atoms with E-state index in [-0.39, 0.29) is 12.1 Å². The van der Waals surface area contributed by atoms with Crippen LogP contribution in [-0.2, 0) is 24.3 Å². The monoisotopic (exact) mass is 569 g/mol. The number of nitrogens with zero attached hydrogens (tertiary/aromatic N) is 4. The number of fused-ring (bicyclic) bond motifs is 1. The topological polar surface area (TPSA) is 133 Å². The average Bonchev–Trinajstić information content (AvgIpc) is 3.30. The largest absolute Gasteiger partial charge is 0.469 e. The van der Waals surface area contributed by atoms with Gasteiger partial charge in [0, 0.05) is 32.7 Å². The number of rotatable bonds is 10. The number of ether oxygens (including phenoxy) is 2. The SMILES string of the molecule is COCC1CCN(c2cc(C(=O)NS(=O)(=O)CCC(=O)OC)nc3c2c(C2CCC2)nn3-c2ccccc2)CC1. The maximum Gasteiger partial charge on any atom is 0.306 e. The fourth-order valence-electron chi connectivity index (χ4n) is 5.35. The Bertz CT molecular complexity index is 1480. The molecule has 1 saturated heterocycles. The fraction of sp³-hybridized carbons (Fsp3) is 0.500. The molecule has 3 aromatic rings. The predicted molar refractivity (Wildman–Crippen MR) is 150 cm³/mol. The van der Waals surface area contributed by atoms with Crippen molar-refractivity contribution in [1.82, 2.24) is 19.5 Å². The summed E-state index contributed by atoms with van der Waals surface area (Å²) in [6, 6.07) is 11.3. The number of esters is 1. The number of carbonyl (C=O) groups excluding carboxylic acids is 2. The molecule has 2 aromatic heterocycles. The molecule has 1 saturated carbocycles. The number of carbonyl (C=O) groups is 2. The fourth-order valence-corrected chi connectivity index (χ4v) is 6.27. The summed E-state index contributed by atoms with van der Waals surface area (Å²) >= 11 is 0. The van der Waals surface area contributed by atoms with Crippen LogP contribution in [0.3, 0.4) is 0 Å². The number of methoxy groups -OCH3 is 2. The maximum atomic E-state index is 13.3. The van der Waals surface area contributed by atoms with Crippen LogP contribution in [-0.4, -0.2) is 74.7 Å². The van der Waals surface area contributed by atoms with Gasteiger partial charge < -0.3 is 14.4 Å². The van der Waals surface area contributed by atoms with E-state index in [9.17, 15) is 18.0 Å². The van der Waals surface area contributed by atoms with E-state index in [1.807, 2.05) is 30.3 Å². The van der Waals surface area contributed by atoms with Crippen molar-refractivity contribution in [3.63, 3.8) is 0 Å². The molecule has 0 atom stereocenters. The highest BCUT2D eigenvalue weighted by atomic mass is 32.2. The molecule has 0 bridgehead atoms. The van der Waals surface area contributed by atoms with E-state index in [2.05, 4.69) is 14.4 Å². The first kappa shape index (κ1) is 28.0. The lowest BCUT2D eigenvalue weighted by molar-refractivity contribution is -0.140. The number of nitrogens with one attached hydrogen (secondary N) is 1. The van der Waals surface area contributed by atoms with Gasteiger partial charge in [0.15, 0.2) is 5.65 Å². The van der Waals surface area contributed by atoms with Crippen LogP contribution >= 0.6 is 0 Å². The molecule has 1 N–H and O–H groups in total. The second-order valence-corrected chi connectivity index (χ2v) is 12.3.